The maximum atomic E-state index is 12.0. The summed E-state index contributed by atoms with van der Waals surface area (Å²) in [5, 5.41) is 18.3. The minimum absolute atomic E-state index is 0.0182. The number of aromatic nitrogens is 4. The average molecular weight is 313 g/mol. The standard InChI is InChI=1S/C15H15N5O3/c1-2-23-15(22)13-14(16)18-19-20(13)8-9-5-6-11(21)12-10(9)4-3-7-17-12/h3-7,21H,2,8,16H2,1H3. The van der Waals surface area contributed by atoms with Gasteiger partial charge in [-0.25, -0.2) is 9.48 Å². The van der Waals surface area contributed by atoms with E-state index in [9.17, 15) is 9.90 Å². The van der Waals surface area contributed by atoms with Gasteiger partial charge in [-0.05, 0) is 24.6 Å². The Morgan fingerprint density at radius 2 is 2.22 bits per heavy atom. The smallest absolute Gasteiger partial charge is 0.360 e. The molecule has 0 aliphatic rings. The molecule has 0 saturated heterocycles. The first-order valence-corrected chi connectivity index (χ1v) is 7.03. The van der Waals surface area contributed by atoms with Gasteiger partial charge in [-0.3, -0.25) is 4.98 Å². The first-order chi connectivity index (χ1) is 11.1. The van der Waals surface area contributed by atoms with E-state index in [0.29, 0.717) is 5.52 Å². The second kappa shape index (κ2) is 5.91. The van der Waals surface area contributed by atoms with E-state index in [2.05, 4.69) is 15.3 Å². The Bertz CT molecular complexity index is 875. The van der Waals surface area contributed by atoms with Crippen LogP contribution in [0.25, 0.3) is 10.9 Å². The zero-order valence-corrected chi connectivity index (χ0v) is 12.4. The molecule has 0 saturated carbocycles. The lowest BCUT2D eigenvalue weighted by molar-refractivity contribution is 0.0514. The molecule has 0 fully saturated rings. The summed E-state index contributed by atoms with van der Waals surface area (Å²) in [5.74, 6) is -0.464. The third-order valence-electron chi connectivity index (χ3n) is 3.39. The van der Waals surface area contributed by atoms with Gasteiger partial charge in [0.15, 0.2) is 11.5 Å². The molecule has 3 rings (SSSR count). The van der Waals surface area contributed by atoms with Crippen molar-refractivity contribution in [3.8, 4) is 5.75 Å². The van der Waals surface area contributed by atoms with Gasteiger partial charge in [0, 0.05) is 11.6 Å². The van der Waals surface area contributed by atoms with Crippen molar-refractivity contribution in [1.29, 1.82) is 0 Å². The lowest BCUT2D eigenvalue weighted by atomic mass is 10.1. The van der Waals surface area contributed by atoms with E-state index in [1.54, 1.807) is 31.3 Å². The minimum Gasteiger partial charge on any atom is -0.506 e. The number of phenols is 1. The van der Waals surface area contributed by atoms with Crippen LogP contribution in [0.5, 0.6) is 5.75 Å². The largest absolute Gasteiger partial charge is 0.506 e. The predicted molar refractivity (Wildman–Crippen MR) is 82.9 cm³/mol. The Labute approximate surface area is 131 Å². The number of nitrogens with zero attached hydrogens (tertiary/aromatic N) is 4. The number of hydrogen-bond donors (Lipinski definition) is 2. The van der Waals surface area contributed by atoms with Gasteiger partial charge in [0.1, 0.15) is 11.3 Å². The van der Waals surface area contributed by atoms with Crippen LogP contribution in [0.2, 0.25) is 0 Å². The molecule has 23 heavy (non-hydrogen) atoms. The molecule has 0 atom stereocenters. The zero-order valence-electron chi connectivity index (χ0n) is 12.4. The third kappa shape index (κ3) is 2.66. The van der Waals surface area contributed by atoms with E-state index >= 15 is 0 Å². The molecule has 0 bridgehead atoms. The fourth-order valence-electron chi connectivity index (χ4n) is 2.36. The van der Waals surface area contributed by atoms with Gasteiger partial charge in [-0.2, -0.15) is 0 Å². The quantitative estimate of drug-likeness (QED) is 0.698. The van der Waals surface area contributed by atoms with Crippen LogP contribution in [-0.4, -0.2) is 37.7 Å². The number of rotatable bonds is 4. The van der Waals surface area contributed by atoms with Crippen LogP contribution in [0, 0.1) is 0 Å². The summed E-state index contributed by atoms with van der Waals surface area (Å²) in [6.07, 6.45) is 1.60. The van der Waals surface area contributed by atoms with Crippen molar-refractivity contribution >= 4 is 22.7 Å². The summed E-state index contributed by atoms with van der Waals surface area (Å²) in [6, 6.07) is 6.90. The maximum Gasteiger partial charge on any atom is 0.360 e. The van der Waals surface area contributed by atoms with Crippen molar-refractivity contribution in [3.05, 3.63) is 41.7 Å². The molecule has 0 radical (unpaired) electrons. The highest BCUT2D eigenvalue weighted by molar-refractivity contribution is 5.92. The average Bonchev–Trinajstić information content (AvgIpc) is 2.91. The molecule has 8 nitrogen and oxygen atoms in total. The van der Waals surface area contributed by atoms with Crippen LogP contribution in [0.4, 0.5) is 5.82 Å². The number of benzene rings is 1. The van der Waals surface area contributed by atoms with Crippen molar-refractivity contribution in [3.63, 3.8) is 0 Å². The Morgan fingerprint density at radius 3 is 3.00 bits per heavy atom. The van der Waals surface area contributed by atoms with Gasteiger partial charge in [-0.1, -0.05) is 17.3 Å². The zero-order chi connectivity index (χ0) is 16.4. The maximum absolute atomic E-state index is 12.0. The second-order valence-electron chi connectivity index (χ2n) is 4.84. The molecule has 1 aromatic carbocycles. The number of phenolic OH excluding ortho intramolecular Hbond substituents is 1. The Balaban J connectivity index is 2.04. The van der Waals surface area contributed by atoms with Crippen LogP contribution in [0.3, 0.4) is 0 Å². The monoisotopic (exact) mass is 313 g/mol. The molecule has 0 aliphatic carbocycles. The molecular formula is C15H15N5O3. The molecule has 0 aliphatic heterocycles. The number of carbonyl (C=O) groups is 1. The number of nitrogen functional groups attached to an aromatic ring is 1. The van der Waals surface area contributed by atoms with Crippen LogP contribution in [0.1, 0.15) is 23.0 Å². The second-order valence-corrected chi connectivity index (χ2v) is 4.84. The van der Waals surface area contributed by atoms with Crippen LogP contribution in [0.15, 0.2) is 30.5 Å². The molecule has 2 aromatic heterocycles. The van der Waals surface area contributed by atoms with E-state index in [1.165, 1.54) is 4.68 Å². The highest BCUT2D eigenvalue weighted by atomic mass is 16.5. The summed E-state index contributed by atoms with van der Waals surface area (Å²) in [6.45, 7) is 2.19. The summed E-state index contributed by atoms with van der Waals surface area (Å²) in [5.41, 5.74) is 7.13. The van der Waals surface area contributed by atoms with Gasteiger partial charge >= 0.3 is 5.97 Å². The number of nitrogens with two attached hydrogens (primary N) is 1. The summed E-state index contributed by atoms with van der Waals surface area (Å²) in [7, 11) is 0. The third-order valence-corrected chi connectivity index (χ3v) is 3.39. The molecule has 0 amide bonds. The minimum atomic E-state index is -0.573. The number of aromatic hydroxyl groups is 1. The van der Waals surface area contributed by atoms with E-state index in [4.69, 9.17) is 10.5 Å². The van der Waals surface area contributed by atoms with Crippen molar-refractivity contribution in [2.24, 2.45) is 0 Å². The lowest BCUT2D eigenvalue weighted by Gasteiger charge is -2.09. The van der Waals surface area contributed by atoms with Gasteiger partial charge in [0.2, 0.25) is 0 Å². The van der Waals surface area contributed by atoms with E-state index in [0.717, 1.165) is 10.9 Å². The number of esters is 1. The highest BCUT2D eigenvalue weighted by Crippen LogP contribution is 2.26. The SMILES string of the molecule is CCOC(=O)c1c(N)nnn1Cc1ccc(O)c2ncccc12. The van der Waals surface area contributed by atoms with Crippen molar-refractivity contribution in [1.82, 2.24) is 20.0 Å². The molecular weight excluding hydrogens is 298 g/mol. The van der Waals surface area contributed by atoms with Gasteiger partial charge in [-0.15, -0.1) is 5.10 Å². The number of ether oxygens (including phenoxy) is 1. The summed E-state index contributed by atoms with van der Waals surface area (Å²) < 4.78 is 6.36. The van der Waals surface area contributed by atoms with Crippen molar-refractivity contribution in [2.45, 2.75) is 13.5 Å². The van der Waals surface area contributed by atoms with E-state index < -0.39 is 5.97 Å². The lowest BCUT2D eigenvalue weighted by Crippen LogP contribution is -2.15. The van der Waals surface area contributed by atoms with Gasteiger partial charge < -0.3 is 15.6 Å². The van der Waals surface area contributed by atoms with Crippen LogP contribution in [-0.2, 0) is 11.3 Å². The molecule has 2 heterocycles. The molecule has 3 aromatic rings. The number of pyridine rings is 1. The molecule has 3 N–H and O–H groups in total. The molecule has 8 heteroatoms. The first-order valence-electron chi connectivity index (χ1n) is 7.03. The van der Waals surface area contributed by atoms with Gasteiger partial charge in [0.05, 0.1) is 13.2 Å². The Hall–Kier alpha value is -3.16. The fraction of sp³-hybridized carbons (Fsp3) is 0.200. The topological polar surface area (TPSA) is 116 Å². The predicted octanol–water partition coefficient (Wildman–Crippen LogP) is 1.34. The Kier molecular flexibility index (Phi) is 3.80. The number of carbonyl (C=O) groups excluding carboxylic acids is 1. The fourth-order valence-corrected chi connectivity index (χ4v) is 2.36. The van der Waals surface area contributed by atoms with Crippen LogP contribution < -0.4 is 5.73 Å². The number of hydrogen-bond acceptors (Lipinski definition) is 7. The van der Waals surface area contributed by atoms with Crippen molar-refractivity contribution in [2.75, 3.05) is 12.3 Å². The Morgan fingerprint density at radius 1 is 1.39 bits per heavy atom. The summed E-state index contributed by atoms with van der Waals surface area (Å²) in [4.78, 5) is 16.2. The number of fused-ring (bicyclic) bond motifs is 1. The summed E-state index contributed by atoms with van der Waals surface area (Å²) >= 11 is 0. The normalized spacial score (nSPS) is 10.8. The first kappa shape index (κ1) is 14.8. The van der Waals surface area contributed by atoms with Gasteiger partial charge in [0.25, 0.3) is 0 Å². The highest BCUT2D eigenvalue weighted by Gasteiger charge is 2.20. The van der Waals surface area contributed by atoms with E-state index in [1.807, 2.05) is 6.07 Å². The van der Waals surface area contributed by atoms with Crippen LogP contribution >= 0.6 is 0 Å². The number of anilines is 1. The molecule has 0 unspecified atom stereocenters. The van der Waals surface area contributed by atoms with Crippen molar-refractivity contribution < 1.29 is 14.6 Å². The van der Waals surface area contributed by atoms with E-state index in [-0.39, 0.29) is 30.4 Å². The molecule has 118 valence electrons. The molecule has 0 spiro atoms.